The summed E-state index contributed by atoms with van der Waals surface area (Å²) in [5.41, 5.74) is -0.569. The smallest absolute Gasteiger partial charge is 0.279 e. The van der Waals surface area contributed by atoms with Gasteiger partial charge in [0.1, 0.15) is 0 Å². The van der Waals surface area contributed by atoms with Crippen LogP contribution in [0.25, 0.3) is 0 Å². The first kappa shape index (κ1) is 12.4. The summed E-state index contributed by atoms with van der Waals surface area (Å²) < 4.78 is 2.32. The third-order valence-electron chi connectivity index (χ3n) is 2.63. The normalized spacial score (nSPS) is 15.7. The minimum atomic E-state index is -0.438. The van der Waals surface area contributed by atoms with Gasteiger partial charge in [0, 0.05) is 20.6 Å². The maximum atomic E-state index is 11.9. The van der Waals surface area contributed by atoms with Crippen LogP contribution in [0, 0.1) is 5.92 Å². The lowest BCUT2D eigenvalue weighted by molar-refractivity contribution is 0.647. The van der Waals surface area contributed by atoms with E-state index < -0.39 is 11.2 Å². The zero-order valence-corrected chi connectivity index (χ0v) is 10.8. The monoisotopic (exact) mass is 249 g/mol. The summed E-state index contributed by atoms with van der Waals surface area (Å²) >= 11 is 0. The van der Waals surface area contributed by atoms with Crippen molar-refractivity contribution in [3.05, 3.63) is 31.7 Å². The molecule has 2 heterocycles. The van der Waals surface area contributed by atoms with Crippen LogP contribution >= 0.6 is 0 Å². The Balaban J connectivity index is 2.70. The lowest BCUT2D eigenvalue weighted by Crippen LogP contribution is -2.55. The van der Waals surface area contributed by atoms with Crippen LogP contribution in [-0.2, 0) is 14.1 Å². The highest BCUT2D eigenvalue weighted by atomic mass is 16.2. The van der Waals surface area contributed by atoms with Crippen molar-refractivity contribution in [2.45, 2.75) is 13.8 Å². The highest BCUT2D eigenvalue weighted by molar-refractivity contribution is 5.82. The molecule has 0 bridgehead atoms. The van der Waals surface area contributed by atoms with Gasteiger partial charge >= 0.3 is 5.69 Å². The van der Waals surface area contributed by atoms with E-state index in [0.717, 1.165) is 4.57 Å². The second-order valence-corrected chi connectivity index (χ2v) is 4.64. The van der Waals surface area contributed by atoms with Crippen molar-refractivity contribution >= 4 is 5.96 Å². The van der Waals surface area contributed by atoms with Crippen LogP contribution in [0.15, 0.2) is 24.6 Å². The van der Waals surface area contributed by atoms with Crippen molar-refractivity contribution in [3.63, 3.8) is 0 Å². The molecular formula is C11H15N5O2. The number of nitrogens with zero attached hydrogens (tertiary/aromatic N) is 5. The van der Waals surface area contributed by atoms with Gasteiger partial charge in [0.05, 0.1) is 0 Å². The number of aromatic nitrogens is 2. The summed E-state index contributed by atoms with van der Waals surface area (Å²) in [6, 6.07) is 0. The zero-order valence-electron chi connectivity index (χ0n) is 10.8. The Bertz CT molecular complexity index is 751. The fourth-order valence-corrected chi connectivity index (χ4v) is 1.60. The highest BCUT2D eigenvalue weighted by Gasteiger charge is 2.13. The molecule has 0 N–H and O–H groups in total. The van der Waals surface area contributed by atoms with Crippen molar-refractivity contribution in [2.24, 2.45) is 35.0 Å². The molecule has 18 heavy (non-hydrogen) atoms. The third kappa shape index (κ3) is 1.92. The van der Waals surface area contributed by atoms with Crippen LogP contribution in [0.4, 0.5) is 0 Å². The molecule has 0 fully saturated rings. The molecule has 0 radical (unpaired) electrons. The van der Waals surface area contributed by atoms with Gasteiger partial charge in [-0.1, -0.05) is 13.8 Å². The molecule has 0 saturated carbocycles. The first-order chi connectivity index (χ1) is 8.41. The van der Waals surface area contributed by atoms with Gasteiger partial charge in [-0.05, 0) is 5.92 Å². The van der Waals surface area contributed by atoms with E-state index in [4.69, 9.17) is 0 Å². The van der Waals surface area contributed by atoms with E-state index >= 15 is 0 Å². The summed E-state index contributed by atoms with van der Waals surface area (Å²) in [5, 5.41) is 0.183. The summed E-state index contributed by atoms with van der Waals surface area (Å²) in [6.45, 7) is 4.65. The first-order valence-electron chi connectivity index (χ1n) is 5.69. The van der Waals surface area contributed by atoms with Gasteiger partial charge in [-0.3, -0.25) is 13.9 Å². The highest BCUT2D eigenvalue weighted by Crippen LogP contribution is 1.94. The van der Waals surface area contributed by atoms with Crippen LogP contribution in [0.3, 0.4) is 0 Å². The molecule has 0 aliphatic carbocycles. The Kier molecular flexibility index (Phi) is 2.98. The van der Waals surface area contributed by atoms with Crippen LogP contribution in [0.1, 0.15) is 13.8 Å². The molecular weight excluding hydrogens is 234 g/mol. The summed E-state index contributed by atoms with van der Waals surface area (Å²) in [4.78, 5) is 36.0. The summed E-state index contributed by atoms with van der Waals surface area (Å²) in [5.74, 6) is 0.648. The molecule has 0 unspecified atom stereocenters. The van der Waals surface area contributed by atoms with Crippen LogP contribution in [0.2, 0.25) is 0 Å². The SMILES string of the molecule is CC(C)CN=C1N=c2c(=O)n(C)c(=O)n(C)c2=N1. The number of aliphatic imine (C=N–C) groups is 1. The van der Waals surface area contributed by atoms with Crippen molar-refractivity contribution in [2.75, 3.05) is 6.54 Å². The van der Waals surface area contributed by atoms with Crippen LogP contribution in [-0.4, -0.2) is 21.6 Å². The maximum absolute atomic E-state index is 11.9. The molecule has 0 atom stereocenters. The minimum absolute atomic E-state index is 0.183. The molecule has 0 amide bonds. The molecule has 0 aromatic carbocycles. The van der Waals surface area contributed by atoms with Gasteiger partial charge in [0.2, 0.25) is 5.96 Å². The average molecular weight is 249 g/mol. The van der Waals surface area contributed by atoms with Gasteiger partial charge in [-0.2, -0.15) is 4.99 Å². The second-order valence-electron chi connectivity index (χ2n) is 4.64. The van der Waals surface area contributed by atoms with Gasteiger partial charge in [0.25, 0.3) is 5.56 Å². The number of rotatable bonds is 2. The first-order valence-corrected chi connectivity index (χ1v) is 5.69. The van der Waals surface area contributed by atoms with E-state index in [1.807, 2.05) is 13.8 Å². The van der Waals surface area contributed by atoms with Gasteiger partial charge in [0.15, 0.2) is 10.8 Å². The summed E-state index contributed by atoms with van der Waals surface area (Å²) in [6.07, 6.45) is 0. The van der Waals surface area contributed by atoms with Crippen molar-refractivity contribution in [3.8, 4) is 0 Å². The zero-order chi connectivity index (χ0) is 13.4. The molecule has 7 nitrogen and oxygen atoms in total. The van der Waals surface area contributed by atoms with Crippen LogP contribution in [0.5, 0.6) is 0 Å². The van der Waals surface area contributed by atoms with E-state index in [-0.39, 0.29) is 16.8 Å². The van der Waals surface area contributed by atoms with E-state index in [9.17, 15) is 9.59 Å². The van der Waals surface area contributed by atoms with Gasteiger partial charge in [-0.15, -0.1) is 0 Å². The molecule has 1 aromatic heterocycles. The molecule has 1 aromatic rings. The molecule has 1 aliphatic heterocycles. The molecule has 0 saturated heterocycles. The van der Waals surface area contributed by atoms with Gasteiger partial charge in [-0.25, -0.2) is 14.8 Å². The number of hydrogen-bond acceptors (Lipinski definition) is 3. The van der Waals surface area contributed by atoms with Crippen molar-refractivity contribution in [1.82, 2.24) is 9.13 Å². The lowest BCUT2D eigenvalue weighted by atomic mass is 10.2. The lowest BCUT2D eigenvalue weighted by Gasteiger charge is -1.98. The quantitative estimate of drug-likeness (QED) is 0.629. The standard InChI is InChI=1S/C11H15N5O2/c1-6(2)5-12-10-13-7-8(14-10)15(3)11(18)16(4)9(7)17/h6H,5H2,1-4H3. The molecule has 1 aliphatic rings. The van der Waals surface area contributed by atoms with Crippen LogP contribution < -0.4 is 22.1 Å². The number of fused-ring (bicyclic) bond motifs is 1. The Morgan fingerprint density at radius 3 is 2.44 bits per heavy atom. The van der Waals surface area contributed by atoms with E-state index in [1.54, 1.807) is 7.05 Å². The second kappa shape index (κ2) is 4.32. The third-order valence-corrected chi connectivity index (χ3v) is 2.63. The van der Waals surface area contributed by atoms with Gasteiger partial charge < -0.3 is 0 Å². The predicted octanol–water partition coefficient (Wildman–Crippen LogP) is -1.65. The molecule has 0 spiro atoms. The Labute approximate surface area is 103 Å². The van der Waals surface area contributed by atoms with Crippen molar-refractivity contribution in [1.29, 1.82) is 0 Å². The Hall–Kier alpha value is -2.05. The topological polar surface area (TPSA) is 81.1 Å². The fourth-order valence-electron chi connectivity index (χ4n) is 1.60. The largest absolute Gasteiger partial charge is 0.332 e. The van der Waals surface area contributed by atoms with Crippen molar-refractivity contribution < 1.29 is 0 Å². The van der Waals surface area contributed by atoms with E-state index in [0.29, 0.717) is 12.5 Å². The predicted molar refractivity (Wildman–Crippen MR) is 66.4 cm³/mol. The number of hydrogen-bond donors (Lipinski definition) is 0. The Morgan fingerprint density at radius 1 is 1.17 bits per heavy atom. The number of guanidine groups is 1. The molecule has 2 rings (SSSR count). The average Bonchev–Trinajstić information content (AvgIpc) is 2.75. The van der Waals surface area contributed by atoms with E-state index in [1.165, 1.54) is 11.6 Å². The molecule has 96 valence electrons. The molecule has 7 heteroatoms. The fraction of sp³-hybridized carbons (Fsp3) is 0.545. The minimum Gasteiger partial charge on any atom is -0.279 e. The van der Waals surface area contributed by atoms with E-state index in [2.05, 4.69) is 15.0 Å². The maximum Gasteiger partial charge on any atom is 0.332 e. The summed E-state index contributed by atoms with van der Waals surface area (Å²) in [7, 11) is 2.98. The Morgan fingerprint density at radius 2 is 1.83 bits per heavy atom.